The van der Waals surface area contributed by atoms with E-state index in [-0.39, 0.29) is 15.7 Å². The molecule has 0 saturated heterocycles. The molecule has 0 aliphatic carbocycles. The molecule has 1 aromatic rings. The molecule has 0 radical (unpaired) electrons. The normalized spacial score (nSPS) is 17.5. The molecule has 1 amide bonds. The van der Waals surface area contributed by atoms with Crippen molar-refractivity contribution >= 4 is 69.7 Å². The molecule has 0 fully saturated rings. The third kappa shape index (κ3) is 3.86. The Morgan fingerprint density at radius 1 is 1.10 bits per heavy atom. The van der Waals surface area contributed by atoms with Gasteiger partial charge in [0.05, 0.1) is 34.5 Å². The number of thioether (sulfide) groups is 2. The van der Waals surface area contributed by atoms with Crippen molar-refractivity contribution in [3.05, 3.63) is 56.0 Å². The summed E-state index contributed by atoms with van der Waals surface area (Å²) in [7, 11) is 2.51. The molecule has 9 heteroatoms. The number of benzene rings is 1. The van der Waals surface area contributed by atoms with E-state index in [0.29, 0.717) is 20.4 Å². The molecule has 0 unspecified atom stereocenters. The second-order valence-electron chi connectivity index (χ2n) is 7.29. The van der Waals surface area contributed by atoms with E-state index >= 15 is 0 Å². The van der Waals surface area contributed by atoms with Gasteiger partial charge in [-0.1, -0.05) is 54.0 Å². The molecule has 1 aromatic carbocycles. The number of aryl methyl sites for hydroxylation is 1. The van der Waals surface area contributed by atoms with Gasteiger partial charge in [0.2, 0.25) is 0 Å². The minimum absolute atomic E-state index is 0.154. The minimum atomic E-state index is -0.842. The maximum absolute atomic E-state index is 12.8. The molecule has 162 valence electrons. The number of thiocarbonyl (C=S) groups is 1. The van der Waals surface area contributed by atoms with Crippen LogP contribution in [-0.2, 0) is 23.9 Å². The number of ether oxygens (including phenoxy) is 2. The average molecular weight is 476 g/mol. The molecule has 0 saturated carbocycles. The lowest BCUT2D eigenvalue weighted by molar-refractivity contribution is -0.138. The zero-order valence-electron chi connectivity index (χ0n) is 17.7. The lowest BCUT2D eigenvalue weighted by Gasteiger charge is -2.45. The van der Waals surface area contributed by atoms with Crippen LogP contribution in [0.25, 0.3) is 5.57 Å². The van der Waals surface area contributed by atoms with Crippen molar-refractivity contribution in [1.82, 2.24) is 0 Å². The second kappa shape index (κ2) is 8.64. The van der Waals surface area contributed by atoms with Crippen LogP contribution < -0.4 is 4.90 Å². The van der Waals surface area contributed by atoms with E-state index in [2.05, 4.69) is 6.58 Å². The van der Waals surface area contributed by atoms with Gasteiger partial charge in [-0.05, 0) is 39.0 Å². The maximum atomic E-state index is 12.8. The van der Waals surface area contributed by atoms with Crippen LogP contribution in [0.4, 0.5) is 5.69 Å². The highest BCUT2D eigenvalue weighted by Crippen LogP contribution is 2.56. The van der Waals surface area contributed by atoms with Crippen molar-refractivity contribution in [2.45, 2.75) is 26.3 Å². The maximum Gasteiger partial charge on any atom is 0.346 e. The predicted molar refractivity (Wildman–Crippen MR) is 129 cm³/mol. The third-order valence-corrected chi connectivity index (χ3v) is 8.20. The minimum Gasteiger partial charge on any atom is -0.465 e. The van der Waals surface area contributed by atoms with Crippen LogP contribution in [0, 0.1) is 6.92 Å². The zero-order valence-corrected chi connectivity index (χ0v) is 20.2. The van der Waals surface area contributed by atoms with Crippen molar-refractivity contribution in [2.75, 3.05) is 19.1 Å². The van der Waals surface area contributed by atoms with Crippen LogP contribution in [0.3, 0.4) is 0 Å². The fourth-order valence-corrected chi connectivity index (χ4v) is 6.45. The smallest absolute Gasteiger partial charge is 0.346 e. The van der Waals surface area contributed by atoms with Gasteiger partial charge in [-0.15, -0.1) is 0 Å². The Balaban J connectivity index is 2.27. The van der Waals surface area contributed by atoms with E-state index in [1.807, 2.05) is 39.0 Å². The van der Waals surface area contributed by atoms with E-state index in [1.54, 1.807) is 4.90 Å². The highest BCUT2D eigenvalue weighted by molar-refractivity contribution is 8.29. The van der Waals surface area contributed by atoms with Crippen molar-refractivity contribution < 1.29 is 23.9 Å². The molecule has 6 nitrogen and oxygen atoms in total. The van der Waals surface area contributed by atoms with E-state index in [9.17, 15) is 14.4 Å². The molecular formula is C22H21NO5S3. The molecular weight excluding hydrogens is 454 g/mol. The van der Waals surface area contributed by atoms with Crippen LogP contribution >= 0.6 is 35.7 Å². The van der Waals surface area contributed by atoms with Gasteiger partial charge in [0.25, 0.3) is 5.91 Å². The molecule has 3 rings (SSSR count). The summed E-state index contributed by atoms with van der Waals surface area (Å²) < 4.78 is 10.4. The quantitative estimate of drug-likeness (QED) is 0.362. The van der Waals surface area contributed by atoms with Gasteiger partial charge >= 0.3 is 11.9 Å². The largest absolute Gasteiger partial charge is 0.465 e. The Hall–Kier alpha value is -2.36. The number of rotatable bonds is 3. The number of carbonyl (C=O) groups is 3. The number of nitrogens with zero attached hydrogens (tertiary/aromatic N) is 1. The summed E-state index contributed by atoms with van der Waals surface area (Å²) in [5.41, 5.74) is 2.29. The Labute approximate surface area is 194 Å². The lowest BCUT2D eigenvalue weighted by Crippen LogP contribution is -2.55. The van der Waals surface area contributed by atoms with Gasteiger partial charge in [0.15, 0.2) is 0 Å². The van der Waals surface area contributed by atoms with Crippen LogP contribution in [0.5, 0.6) is 0 Å². The van der Waals surface area contributed by atoms with Gasteiger partial charge < -0.3 is 9.47 Å². The highest BCUT2D eigenvalue weighted by atomic mass is 32.2. The molecule has 0 spiro atoms. The monoisotopic (exact) mass is 475 g/mol. The Morgan fingerprint density at radius 3 is 2.13 bits per heavy atom. The summed E-state index contributed by atoms with van der Waals surface area (Å²) in [6, 6.07) is 5.73. The molecule has 2 heterocycles. The van der Waals surface area contributed by atoms with Crippen LogP contribution in [0.15, 0.2) is 44.9 Å². The first-order chi connectivity index (χ1) is 14.6. The summed E-state index contributed by atoms with van der Waals surface area (Å²) in [6.07, 6.45) is 1.26. The van der Waals surface area contributed by atoms with Crippen molar-refractivity contribution in [3.8, 4) is 0 Å². The fraction of sp³-hybridized carbons (Fsp3) is 0.273. The summed E-state index contributed by atoms with van der Waals surface area (Å²) in [5, 5.41) is 0. The van der Waals surface area contributed by atoms with E-state index in [1.165, 1.54) is 20.3 Å². The van der Waals surface area contributed by atoms with Crippen molar-refractivity contribution in [2.24, 2.45) is 0 Å². The number of amides is 1. The SMILES string of the molecule is C=CC(=O)N1c2ccc(C)cc2C(=C2SC(C(=O)OC)=C(C(=O)OC)S2)C(=S)C1(C)C. The Bertz CT molecular complexity index is 1070. The van der Waals surface area contributed by atoms with E-state index in [4.69, 9.17) is 21.7 Å². The molecule has 0 bridgehead atoms. The molecule has 0 atom stereocenters. The molecule has 2 aliphatic rings. The van der Waals surface area contributed by atoms with Gasteiger partial charge in [-0.2, -0.15) is 0 Å². The van der Waals surface area contributed by atoms with E-state index < -0.39 is 17.5 Å². The summed E-state index contributed by atoms with van der Waals surface area (Å²) in [4.78, 5) is 39.9. The number of hydrogen-bond donors (Lipinski definition) is 0. The van der Waals surface area contributed by atoms with Gasteiger partial charge in [-0.25, -0.2) is 9.59 Å². The fourth-order valence-electron chi connectivity index (χ4n) is 3.42. The lowest BCUT2D eigenvalue weighted by atomic mass is 9.82. The van der Waals surface area contributed by atoms with Crippen LogP contribution in [0.1, 0.15) is 25.0 Å². The first-order valence-electron chi connectivity index (χ1n) is 9.21. The summed E-state index contributed by atoms with van der Waals surface area (Å²) in [6.45, 7) is 9.29. The molecule has 31 heavy (non-hydrogen) atoms. The zero-order chi connectivity index (χ0) is 23.1. The van der Waals surface area contributed by atoms with Crippen molar-refractivity contribution in [3.63, 3.8) is 0 Å². The first-order valence-corrected chi connectivity index (χ1v) is 11.3. The first kappa shape index (κ1) is 23.3. The molecule has 0 N–H and O–H groups in total. The summed E-state index contributed by atoms with van der Waals surface area (Å²) >= 11 is 8.12. The van der Waals surface area contributed by atoms with Crippen molar-refractivity contribution in [1.29, 1.82) is 0 Å². The van der Waals surface area contributed by atoms with Gasteiger partial charge in [0.1, 0.15) is 9.81 Å². The number of carbonyl (C=O) groups excluding carboxylic acids is 3. The molecule has 2 aliphatic heterocycles. The standard InChI is InChI=1S/C22H21NO5S3/c1-7-14(24)23-13-9-8-11(2)10-12(13)15(18(29)22(23,3)4)21-30-16(19(25)27-5)17(31-21)20(26)28-6/h7-10H,1H2,2-6H3. The highest BCUT2D eigenvalue weighted by Gasteiger charge is 2.45. The molecule has 0 aromatic heterocycles. The van der Waals surface area contributed by atoms with Crippen LogP contribution in [0.2, 0.25) is 0 Å². The van der Waals surface area contributed by atoms with Gasteiger partial charge in [-0.3, -0.25) is 9.69 Å². The Kier molecular flexibility index (Phi) is 6.50. The van der Waals surface area contributed by atoms with Gasteiger partial charge in [0, 0.05) is 11.1 Å². The van der Waals surface area contributed by atoms with E-state index in [0.717, 1.165) is 34.7 Å². The summed E-state index contributed by atoms with van der Waals surface area (Å²) in [5.74, 6) is -1.51. The van der Waals surface area contributed by atoms with Crippen LogP contribution in [-0.4, -0.2) is 42.5 Å². The number of hydrogen-bond acceptors (Lipinski definition) is 8. The average Bonchev–Trinajstić information content (AvgIpc) is 3.18. The number of esters is 2. The predicted octanol–water partition coefficient (Wildman–Crippen LogP) is 4.38. The third-order valence-electron chi connectivity index (χ3n) is 4.94. The number of fused-ring (bicyclic) bond motifs is 1. The Morgan fingerprint density at radius 2 is 1.65 bits per heavy atom. The number of methoxy groups -OCH3 is 2. The second-order valence-corrected chi connectivity index (χ2v) is 10.0. The number of anilines is 1. The topological polar surface area (TPSA) is 72.9 Å².